The van der Waals surface area contributed by atoms with Crippen molar-refractivity contribution in [2.75, 3.05) is 6.54 Å². The van der Waals surface area contributed by atoms with Gasteiger partial charge in [-0.1, -0.05) is 12.1 Å². The van der Waals surface area contributed by atoms with Crippen molar-refractivity contribution in [1.29, 1.82) is 5.26 Å². The average Bonchev–Trinajstić information content (AvgIpc) is 3.08. The Morgan fingerprint density at radius 3 is 2.67 bits per heavy atom. The Bertz CT molecular complexity index is 964. The number of amides is 1. The van der Waals surface area contributed by atoms with Gasteiger partial charge in [-0.05, 0) is 30.3 Å². The zero-order valence-corrected chi connectivity index (χ0v) is 12.8. The lowest BCUT2D eigenvalue weighted by Gasteiger charge is -2.10. The molecule has 5 heteroatoms. The topological polar surface area (TPSA) is 81.6 Å². The highest BCUT2D eigenvalue weighted by molar-refractivity contribution is 5.97. The molecule has 1 aliphatic heterocycles. The van der Waals surface area contributed by atoms with E-state index in [2.05, 4.69) is 21.4 Å². The fourth-order valence-electron chi connectivity index (χ4n) is 2.92. The Hall–Kier alpha value is -3.39. The van der Waals surface area contributed by atoms with Crippen LogP contribution in [0.3, 0.4) is 0 Å². The van der Waals surface area contributed by atoms with Crippen LogP contribution >= 0.6 is 0 Å². The van der Waals surface area contributed by atoms with Crippen molar-refractivity contribution >= 4 is 5.91 Å². The summed E-state index contributed by atoms with van der Waals surface area (Å²) < 4.78 is 0. The summed E-state index contributed by atoms with van der Waals surface area (Å²) in [4.78, 5) is 19.7. The molecule has 0 radical (unpaired) electrons. The van der Waals surface area contributed by atoms with Crippen LogP contribution in [0.4, 0.5) is 0 Å². The third kappa shape index (κ3) is 2.44. The molecule has 1 aromatic carbocycles. The van der Waals surface area contributed by atoms with Crippen LogP contribution in [0.2, 0.25) is 0 Å². The third-order valence-corrected chi connectivity index (χ3v) is 4.19. The molecule has 5 nitrogen and oxygen atoms in total. The van der Waals surface area contributed by atoms with Gasteiger partial charge in [0.2, 0.25) is 0 Å². The highest BCUT2D eigenvalue weighted by Gasteiger charge is 2.20. The normalized spacial score (nSPS) is 13.0. The standard InChI is InChI=1S/C19H14N4O/c20-11-12-1-3-13(4-2-12)17-9-14(5-7-21-17)18-10-15-16(23-18)6-8-22-19(15)24/h1-5,7,9-10,23H,6,8H2,(H,22,24). The van der Waals surface area contributed by atoms with Gasteiger partial charge in [-0.15, -0.1) is 0 Å². The number of pyridine rings is 1. The molecule has 2 N–H and O–H groups in total. The molecule has 0 atom stereocenters. The molecule has 0 spiro atoms. The van der Waals surface area contributed by atoms with E-state index in [0.717, 1.165) is 34.6 Å². The summed E-state index contributed by atoms with van der Waals surface area (Å²) in [6.45, 7) is 0.665. The zero-order chi connectivity index (χ0) is 16.5. The van der Waals surface area contributed by atoms with E-state index < -0.39 is 0 Å². The van der Waals surface area contributed by atoms with Crippen LogP contribution in [0, 0.1) is 11.3 Å². The van der Waals surface area contributed by atoms with E-state index in [9.17, 15) is 4.79 Å². The number of benzene rings is 1. The van der Waals surface area contributed by atoms with Crippen molar-refractivity contribution in [2.24, 2.45) is 0 Å². The first-order valence-electron chi connectivity index (χ1n) is 7.71. The SMILES string of the molecule is N#Cc1ccc(-c2cc(-c3cc4c([nH]3)CCNC4=O)ccn2)cc1. The molecule has 2 aromatic heterocycles. The number of hydrogen-bond donors (Lipinski definition) is 2. The Labute approximate surface area is 139 Å². The lowest BCUT2D eigenvalue weighted by atomic mass is 10.1. The van der Waals surface area contributed by atoms with Gasteiger partial charge in [0.15, 0.2) is 0 Å². The van der Waals surface area contributed by atoms with Crippen molar-refractivity contribution in [3.63, 3.8) is 0 Å². The maximum atomic E-state index is 11.9. The number of aromatic amines is 1. The first-order chi connectivity index (χ1) is 11.7. The van der Waals surface area contributed by atoms with Gasteiger partial charge in [0.05, 0.1) is 22.9 Å². The second-order valence-corrected chi connectivity index (χ2v) is 5.70. The van der Waals surface area contributed by atoms with E-state index in [0.29, 0.717) is 17.7 Å². The van der Waals surface area contributed by atoms with Crippen molar-refractivity contribution in [1.82, 2.24) is 15.3 Å². The average molecular weight is 314 g/mol. The molecule has 4 rings (SSSR count). The summed E-state index contributed by atoms with van der Waals surface area (Å²) in [6.07, 6.45) is 2.57. The highest BCUT2D eigenvalue weighted by Crippen LogP contribution is 2.27. The van der Waals surface area contributed by atoms with Crippen LogP contribution in [0.15, 0.2) is 48.7 Å². The van der Waals surface area contributed by atoms with Gasteiger partial charge in [0.25, 0.3) is 5.91 Å². The van der Waals surface area contributed by atoms with Gasteiger partial charge < -0.3 is 10.3 Å². The monoisotopic (exact) mass is 314 g/mol. The van der Waals surface area contributed by atoms with Gasteiger partial charge >= 0.3 is 0 Å². The number of nitrogens with zero attached hydrogens (tertiary/aromatic N) is 2. The van der Waals surface area contributed by atoms with Crippen LogP contribution in [0.1, 0.15) is 21.6 Å². The Balaban J connectivity index is 1.72. The van der Waals surface area contributed by atoms with Gasteiger partial charge in [0.1, 0.15) is 0 Å². The predicted molar refractivity (Wildman–Crippen MR) is 90.2 cm³/mol. The Morgan fingerprint density at radius 1 is 1.08 bits per heavy atom. The van der Waals surface area contributed by atoms with E-state index in [1.54, 1.807) is 18.3 Å². The number of fused-ring (bicyclic) bond motifs is 1. The molecule has 1 aliphatic rings. The number of nitrogens with one attached hydrogen (secondary N) is 2. The number of H-pyrrole nitrogens is 1. The molecule has 0 fully saturated rings. The minimum Gasteiger partial charge on any atom is -0.358 e. The van der Waals surface area contributed by atoms with E-state index >= 15 is 0 Å². The minimum atomic E-state index is -0.0277. The van der Waals surface area contributed by atoms with E-state index in [1.165, 1.54) is 0 Å². The van der Waals surface area contributed by atoms with Gasteiger partial charge in [-0.25, -0.2) is 0 Å². The molecule has 0 aliphatic carbocycles. The molecule has 116 valence electrons. The Kier molecular flexibility index (Phi) is 3.36. The summed E-state index contributed by atoms with van der Waals surface area (Å²) in [6, 6.07) is 15.2. The molecule has 0 saturated carbocycles. The third-order valence-electron chi connectivity index (χ3n) is 4.19. The second-order valence-electron chi connectivity index (χ2n) is 5.70. The molecular formula is C19H14N4O. The van der Waals surface area contributed by atoms with Crippen molar-refractivity contribution in [3.8, 4) is 28.6 Å². The van der Waals surface area contributed by atoms with Crippen molar-refractivity contribution in [2.45, 2.75) is 6.42 Å². The zero-order valence-electron chi connectivity index (χ0n) is 12.8. The molecule has 0 saturated heterocycles. The highest BCUT2D eigenvalue weighted by atomic mass is 16.1. The predicted octanol–water partition coefficient (Wildman–Crippen LogP) is 2.90. The largest absolute Gasteiger partial charge is 0.358 e. The van der Waals surface area contributed by atoms with Crippen molar-refractivity contribution < 1.29 is 4.79 Å². The number of rotatable bonds is 2. The molecule has 0 bridgehead atoms. The molecule has 3 heterocycles. The quantitative estimate of drug-likeness (QED) is 0.763. The summed E-state index contributed by atoms with van der Waals surface area (Å²) in [5.41, 5.74) is 5.98. The maximum Gasteiger partial charge on any atom is 0.253 e. The van der Waals surface area contributed by atoms with Crippen LogP contribution < -0.4 is 5.32 Å². The summed E-state index contributed by atoms with van der Waals surface area (Å²) in [7, 11) is 0. The number of aromatic nitrogens is 2. The van der Waals surface area contributed by atoms with Gasteiger partial charge in [-0.3, -0.25) is 9.78 Å². The molecule has 0 unspecified atom stereocenters. The van der Waals surface area contributed by atoms with Crippen LogP contribution in [-0.2, 0) is 6.42 Å². The number of hydrogen-bond acceptors (Lipinski definition) is 3. The molecule has 24 heavy (non-hydrogen) atoms. The first kappa shape index (κ1) is 14.2. The fourth-order valence-corrected chi connectivity index (χ4v) is 2.92. The maximum absolute atomic E-state index is 11.9. The number of carbonyl (C=O) groups excluding carboxylic acids is 1. The Morgan fingerprint density at radius 2 is 1.92 bits per heavy atom. The summed E-state index contributed by atoms with van der Waals surface area (Å²) in [5, 5.41) is 11.7. The van der Waals surface area contributed by atoms with Crippen LogP contribution in [0.25, 0.3) is 22.5 Å². The first-order valence-corrected chi connectivity index (χ1v) is 7.71. The number of carbonyl (C=O) groups is 1. The smallest absolute Gasteiger partial charge is 0.253 e. The van der Waals surface area contributed by atoms with E-state index in [4.69, 9.17) is 5.26 Å². The summed E-state index contributed by atoms with van der Waals surface area (Å²) >= 11 is 0. The van der Waals surface area contributed by atoms with Crippen LogP contribution in [0.5, 0.6) is 0 Å². The van der Waals surface area contributed by atoms with E-state index in [-0.39, 0.29) is 5.91 Å². The summed E-state index contributed by atoms with van der Waals surface area (Å²) in [5.74, 6) is -0.0277. The molecule has 3 aromatic rings. The van der Waals surface area contributed by atoms with Gasteiger partial charge in [-0.2, -0.15) is 5.26 Å². The molecular weight excluding hydrogens is 300 g/mol. The van der Waals surface area contributed by atoms with Crippen LogP contribution in [-0.4, -0.2) is 22.4 Å². The number of nitriles is 1. The molecule has 1 amide bonds. The second kappa shape index (κ2) is 5.67. The van der Waals surface area contributed by atoms with Gasteiger partial charge in [0, 0.05) is 41.7 Å². The fraction of sp³-hybridized carbons (Fsp3) is 0.105. The lowest BCUT2D eigenvalue weighted by molar-refractivity contribution is 0.0946. The van der Waals surface area contributed by atoms with E-state index in [1.807, 2.05) is 30.3 Å². The van der Waals surface area contributed by atoms with Crippen molar-refractivity contribution in [3.05, 3.63) is 65.5 Å². The minimum absolute atomic E-state index is 0.0277. The lowest BCUT2D eigenvalue weighted by Crippen LogP contribution is -2.31.